The van der Waals surface area contributed by atoms with E-state index in [0.29, 0.717) is 17.8 Å². The van der Waals surface area contributed by atoms with E-state index in [1.807, 2.05) is 14.0 Å². The fourth-order valence-electron chi connectivity index (χ4n) is 4.95. The lowest BCUT2D eigenvalue weighted by molar-refractivity contribution is -0.177. The van der Waals surface area contributed by atoms with Crippen LogP contribution in [0, 0.1) is 34.0 Å². The first kappa shape index (κ1) is 24.5. The van der Waals surface area contributed by atoms with Gasteiger partial charge in [-0.05, 0) is 55.4 Å². The Kier molecular flexibility index (Phi) is 7.29. The number of ether oxygens (including phenoxy) is 1. The van der Waals surface area contributed by atoms with Gasteiger partial charge in [-0.3, -0.25) is 4.79 Å². The molecule has 0 heterocycles. The van der Waals surface area contributed by atoms with Crippen LogP contribution in [0.5, 0.6) is 0 Å². The summed E-state index contributed by atoms with van der Waals surface area (Å²) < 4.78 is 6.42. The monoisotopic (exact) mass is 381 g/mol. The van der Waals surface area contributed by atoms with Crippen LogP contribution in [0.1, 0.15) is 95.4 Å². The third-order valence-electron chi connectivity index (χ3n) is 6.46. The summed E-state index contributed by atoms with van der Waals surface area (Å²) in [5.74, 6) is 1.33. The van der Waals surface area contributed by atoms with Crippen LogP contribution < -0.4 is 5.32 Å². The Bertz CT molecular complexity index is 482. The summed E-state index contributed by atoms with van der Waals surface area (Å²) in [4.78, 5) is 13.4. The maximum absolute atomic E-state index is 13.4. The van der Waals surface area contributed by atoms with Crippen LogP contribution in [0.2, 0.25) is 0 Å². The molecule has 0 saturated heterocycles. The molecule has 3 nitrogen and oxygen atoms in total. The molecule has 0 aromatic carbocycles. The van der Waals surface area contributed by atoms with Crippen LogP contribution in [0.3, 0.4) is 0 Å². The van der Waals surface area contributed by atoms with Crippen molar-refractivity contribution in [1.82, 2.24) is 5.32 Å². The Labute approximate surface area is 169 Å². The molecule has 0 amide bonds. The second-order valence-corrected chi connectivity index (χ2v) is 12.7. The van der Waals surface area contributed by atoms with Crippen molar-refractivity contribution < 1.29 is 9.53 Å². The summed E-state index contributed by atoms with van der Waals surface area (Å²) in [7, 11) is 1.87. The summed E-state index contributed by atoms with van der Waals surface area (Å²) in [5.41, 5.74) is -0.386. The Hall–Kier alpha value is -0.570. The number of hydrogen-bond donors (Lipinski definition) is 1. The molecule has 1 aliphatic rings. The molecule has 1 fully saturated rings. The minimum absolute atomic E-state index is 0.0265. The van der Waals surface area contributed by atoms with E-state index in [2.05, 4.69) is 74.6 Å². The van der Waals surface area contributed by atoms with E-state index >= 15 is 0 Å². The van der Waals surface area contributed by atoms with Crippen LogP contribution in [-0.4, -0.2) is 24.7 Å². The first-order chi connectivity index (χ1) is 11.9. The largest absolute Gasteiger partial charge is 0.460 e. The molecule has 1 N–H and O–H groups in total. The molecule has 3 atom stereocenters. The molecule has 1 saturated carbocycles. The van der Waals surface area contributed by atoms with Gasteiger partial charge in [0.05, 0.1) is 0 Å². The number of nitrogens with one attached hydrogen (secondary N) is 1. The number of esters is 1. The van der Waals surface area contributed by atoms with Crippen molar-refractivity contribution in [1.29, 1.82) is 0 Å². The molecule has 3 heteroatoms. The van der Waals surface area contributed by atoms with Gasteiger partial charge in [0.2, 0.25) is 0 Å². The van der Waals surface area contributed by atoms with E-state index < -0.39 is 5.54 Å². The van der Waals surface area contributed by atoms with Crippen molar-refractivity contribution in [2.45, 2.75) is 107 Å². The number of likely N-dealkylation sites (N-methyl/N-ethyl adjacent to an activating group) is 1. The third-order valence-corrected chi connectivity index (χ3v) is 6.46. The zero-order valence-electron chi connectivity index (χ0n) is 20.2. The lowest BCUT2D eigenvalue weighted by Crippen LogP contribution is -2.56. The lowest BCUT2D eigenvalue weighted by atomic mass is 9.59. The molecule has 0 aliphatic heterocycles. The average molecular weight is 382 g/mol. The molecule has 0 bridgehead atoms. The van der Waals surface area contributed by atoms with Crippen molar-refractivity contribution in [3.63, 3.8) is 0 Å². The van der Waals surface area contributed by atoms with E-state index in [9.17, 15) is 4.79 Å². The van der Waals surface area contributed by atoms with Crippen LogP contribution in [0.25, 0.3) is 0 Å². The SMILES string of the molecule is CNC(C)(CC(C)(C)C)C(=O)OC1C(C(C)(C)C)CC(C)CC1C(C)(C)C. The van der Waals surface area contributed by atoms with Gasteiger partial charge in [0, 0.05) is 11.8 Å². The molecule has 0 radical (unpaired) electrons. The average Bonchev–Trinajstić information content (AvgIpc) is 2.44. The fraction of sp³-hybridized carbons (Fsp3) is 0.958. The summed E-state index contributed by atoms with van der Waals surface area (Å²) in [6.07, 6.45) is 2.98. The Morgan fingerprint density at radius 3 is 1.59 bits per heavy atom. The topological polar surface area (TPSA) is 38.3 Å². The van der Waals surface area contributed by atoms with Crippen molar-refractivity contribution in [3.05, 3.63) is 0 Å². The third kappa shape index (κ3) is 6.48. The number of hydrogen-bond acceptors (Lipinski definition) is 3. The first-order valence-electron chi connectivity index (χ1n) is 10.8. The summed E-state index contributed by atoms with van der Waals surface area (Å²) in [6, 6.07) is 0. The van der Waals surface area contributed by atoms with Gasteiger partial charge in [0.1, 0.15) is 11.6 Å². The van der Waals surface area contributed by atoms with Crippen molar-refractivity contribution in [2.24, 2.45) is 34.0 Å². The summed E-state index contributed by atoms with van der Waals surface area (Å²) >= 11 is 0. The van der Waals surface area contributed by atoms with Gasteiger partial charge >= 0.3 is 5.97 Å². The molecule has 1 aliphatic carbocycles. The molecule has 27 heavy (non-hydrogen) atoms. The lowest BCUT2D eigenvalue weighted by Gasteiger charge is -2.51. The number of carbonyl (C=O) groups is 1. The van der Waals surface area contributed by atoms with E-state index in [4.69, 9.17) is 4.74 Å². The Morgan fingerprint density at radius 2 is 1.30 bits per heavy atom. The van der Waals surface area contributed by atoms with Crippen molar-refractivity contribution in [3.8, 4) is 0 Å². The van der Waals surface area contributed by atoms with Crippen LogP contribution in [-0.2, 0) is 9.53 Å². The molecule has 3 unspecified atom stereocenters. The van der Waals surface area contributed by atoms with Crippen LogP contribution >= 0.6 is 0 Å². The van der Waals surface area contributed by atoms with E-state index in [-0.39, 0.29) is 28.3 Å². The van der Waals surface area contributed by atoms with E-state index in [0.717, 1.165) is 19.3 Å². The highest BCUT2D eigenvalue weighted by Crippen LogP contribution is 2.50. The first-order valence-corrected chi connectivity index (χ1v) is 10.8. The van der Waals surface area contributed by atoms with Gasteiger partial charge < -0.3 is 10.1 Å². The number of carbonyl (C=O) groups excluding carboxylic acids is 1. The van der Waals surface area contributed by atoms with E-state index in [1.54, 1.807) is 0 Å². The van der Waals surface area contributed by atoms with Crippen molar-refractivity contribution in [2.75, 3.05) is 7.05 Å². The Balaban J connectivity index is 3.23. The standard InChI is InChI=1S/C24H47NO2/c1-16-13-17(22(5,6)7)19(18(14-16)23(8,9)10)27-20(26)24(11,25-12)15-21(2,3)4/h16-19,25H,13-15H2,1-12H3. The maximum Gasteiger partial charge on any atom is 0.326 e. The molecule has 0 spiro atoms. The summed E-state index contributed by atoms with van der Waals surface area (Å²) in [5, 5.41) is 3.27. The van der Waals surface area contributed by atoms with Crippen LogP contribution in [0.4, 0.5) is 0 Å². The molecular weight excluding hydrogens is 334 g/mol. The maximum atomic E-state index is 13.4. The zero-order valence-corrected chi connectivity index (χ0v) is 20.2. The number of rotatable bonds is 4. The quantitative estimate of drug-likeness (QED) is 0.601. The smallest absolute Gasteiger partial charge is 0.326 e. The van der Waals surface area contributed by atoms with Gasteiger partial charge in [-0.2, -0.15) is 0 Å². The normalized spacial score (nSPS) is 29.9. The van der Waals surface area contributed by atoms with E-state index in [1.165, 1.54) is 0 Å². The van der Waals surface area contributed by atoms with Crippen LogP contribution in [0.15, 0.2) is 0 Å². The highest BCUT2D eigenvalue weighted by molar-refractivity contribution is 5.80. The van der Waals surface area contributed by atoms with Gasteiger partial charge in [-0.25, -0.2) is 0 Å². The fourth-order valence-corrected chi connectivity index (χ4v) is 4.95. The van der Waals surface area contributed by atoms with Gasteiger partial charge in [-0.15, -0.1) is 0 Å². The molecule has 160 valence electrons. The predicted octanol–water partition coefficient (Wildman–Crippen LogP) is 6.07. The molecular formula is C24H47NO2. The van der Waals surface area contributed by atoms with Gasteiger partial charge in [0.15, 0.2) is 0 Å². The second kappa shape index (κ2) is 8.05. The van der Waals surface area contributed by atoms with Gasteiger partial charge in [-0.1, -0.05) is 69.2 Å². The molecule has 0 aromatic heterocycles. The minimum atomic E-state index is -0.661. The minimum Gasteiger partial charge on any atom is -0.460 e. The highest BCUT2D eigenvalue weighted by Gasteiger charge is 2.49. The predicted molar refractivity (Wildman–Crippen MR) is 116 cm³/mol. The molecule has 1 rings (SSSR count). The Morgan fingerprint density at radius 1 is 0.889 bits per heavy atom. The second-order valence-electron chi connectivity index (χ2n) is 12.7. The molecule has 0 aromatic rings. The van der Waals surface area contributed by atoms with Gasteiger partial charge in [0.25, 0.3) is 0 Å². The highest BCUT2D eigenvalue weighted by atomic mass is 16.5. The summed E-state index contributed by atoms with van der Waals surface area (Å²) in [6.45, 7) is 24.6. The van der Waals surface area contributed by atoms with Crippen molar-refractivity contribution >= 4 is 5.97 Å². The zero-order chi connectivity index (χ0) is 21.4.